The Morgan fingerprint density at radius 2 is 1.39 bits per heavy atom. The molecule has 19 atom stereocenters. The summed E-state index contributed by atoms with van der Waals surface area (Å²) in [6.07, 6.45) is -16.6. The van der Waals surface area contributed by atoms with E-state index in [0.717, 1.165) is 66.8 Å². The fourth-order valence-corrected chi connectivity index (χ4v) is 12.9. The topological polar surface area (TPSA) is 541 Å². The third kappa shape index (κ3) is 15.5. The summed E-state index contributed by atoms with van der Waals surface area (Å²) in [6.45, 7) is 5.28. The van der Waals surface area contributed by atoms with Crippen molar-refractivity contribution in [3.05, 3.63) is 122 Å². The fourth-order valence-electron chi connectivity index (χ4n) is 12.5. The van der Waals surface area contributed by atoms with Crippen LogP contribution in [0.2, 0.25) is 10.0 Å². The number of hydrogen-bond acceptors (Lipinski definition) is 25. The Morgan fingerprint density at radius 3 is 2.00 bits per heavy atom. The number of carbonyl (C=O) groups excluding carboxylic acids is 8. The number of ether oxygens (including phenoxy) is 6. The summed E-state index contributed by atoms with van der Waals surface area (Å²) in [6, 6.07) is -3.90. The smallest absolute Gasteiger partial charge is 0.330 e. The first-order chi connectivity index (χ1) is 47.1. The number of benzene rings is 4. The van der Waals surface area contributed by atoms with Crippen LogP contribution in [0.15, 0.2) is 84.5 Å². The van der Waals surface area contributed by atoms with Crippen LogP contribution in [0.1, 0.15) is 105 Å². The second-order valence-electron chi connectivity index (χ2n) is 25.6. The number of ketones is 1. The van der Waals surface area contributed by atoms with E-state index < -0.39 is 244 Å². The van der Waals surface area contributed by atoms with Crippen molar-refractivity contribution in [3.8, 4) is 40.2 Å². The Kier molecular flexibility index (Phi) is 21.8. The molecule has 0 saturated carbocycles. The van der Waals surface area contributed by atoms with Gasteiger partial charge in [0.15, 0.2) is 29.6 Å². The molecule has 0 aromatic heterocycles. The number of aromatic hydroxyl groups is 2. The molecule has 12 rings (SSSR count). The summed E-state index contributed by atoms with van der Waals surface area (Å²) in [7, 11) is 0. The van der Waals surface area contributed by atoms with Gasteiger partial charge in [-0.05, 0) is 96.5 Å². The molecular formula is C65H73Cl2N9O24. The van der Waals surface area contributed by atoms with E-state index in [1.807, 2.05) is 0 Å². The van der Waals surface area contributed by atoms with E-state index in [2.05, 4.69) is 31.9 Å². The molecule has 11 bridgehead atoms. The number of primary amides is 1. The molecule has 7 aliphatic heterocycles. The average Bonchev–Trinajstić information content (AvgIpc) is 0.769. The van der Waals surface area contributed by atoms with Crippen LogP contribution in [0.3, 0.4) is 0 Å². The number of amides is 7. The first-order valence-electron chi connectivity index (χ1n) is 31.3. The summed E-state index contributed by atoms with van der Waals surface area (Å²) in [5, 5.41) is 115. The van der Waals surface area contributed by atoms with Gasteiger partial charge in [-0.3, -0.25) is 38.4 Å². The van der Waals surface area contributed by atoms with E-state index in [1.165, 1.54) is 26.0 Å². The van der Waals surface area contributed by atoms with E-state index in [1.54, 1.807) is 13.8 Å². The third-order valence-corrected chi connectivity index (χ3v) is 18.1. The van der Waals surface area contributed by atoms with Crippen LogP contribution in [-0.4, -0.2) is 191 Å². The van der Waals surface area contributed by atoms with E-state index >= 15 is 19.2 Å². The number of aliphatic carboxylic acids is 1. The first-order valence-corrected chi connectivity index (χ1v) is 32.0. The number of halogens is 2. The SMILES string of the molecule is CC(C)C[C@@H](N)C(=O)N[C@H]1C(=O)NC(CC(N)=O)C(=O)N[C@H]2C(=O)N[C@H]3C(=O)N[C@H](C(=O)N[C@@H](C(=O)O)c4cc(O)cc(O)c4C4C=C3C=CC4O)[C@H](O[C@H]3C[C@](C)(N)C(=O)[C@H](C)O3)c3ccc(c(Cl)c3)Oc3cc2cc(c3O[C@@H]2O[C@H](CO)[C@@H](O)[C@H](O)[C@H]2O)Oc2ccc(cc2Cl)[C@H]1O. The number of nitrogens with one attached hydrogen (secondary N) is 6. The number of phenols is 2. The maximum absolute atomic E-state index is 16.1. The van der Waals surface area contributed by atoms with Gasteiger partial charge in [-0.15, -0.1) is 0 Å². The molecule has 33 nitrogen and oxygen atoms in total. The molecule has 4 aromatic rings. The van der Waals surface area contributed by atoms with Crippen LogP contribution < -0.4 is 63.3 Å². The van der Waals surface area contributed by atoms with Crippen LogP contribution in [0.25, 0.3) is 0 Å². The number of rotatable bonds is 12. The Labute approximate surface area is 577 Å². The molecule has 7 heterocycles. The zero-order chi connectivity index (χ0) is 72.8. The predicted octanol–water partition coefficient (Wildman–Crippen LogP) is -1.05. The fraction of sp³-hybridized carbons (Fsp3) is 0.431. The van der Waals surface area contributed by atoms with Gasteiger partial charge >= 0.3 is 5.97 Å². The van der Waals surface area contributed by atoms with Gasteiger partial charge in [0, 0.05) is 24.0 Å². The molecule has 8 aliphatic rings. The highest BCUT2D eigenvalue weighted by atomic mass is 35.5. The van der Waals surface area contributed by atoms with Gasteiger partial charge in [0.2, 0.25) is 53.4 Å². The minimum atomic E-state index is -2.35. The standard InChI is InChI=1S/C65H73Cl2N9O24/c1-22(2)11-33(68)57(87)75-48-50(82)25-6-9-37(31(66)13-25)96-39-15-27-16-40(55(39)100-64-53(85)52(84)51(83)41(21-77)98-64)97-38-10-7-26(14-32(38)67)54(99-43-20-65(4,70)56(86)23(3)95-43)49-62(92)74-47(63(93)94)30-17-28(78)18-36(80)44(30)29-12-24(5-8-35(29)79)45(59(89)76-49)73-60(90)46(27)72-58(88)34(19-42(69)81)71-61(48)91/h5-10,12-18,22-23,29,33-35,41,43,45-54,64,77-80,82-85H,11,19-21,68,70H2,1-4H3,(H2,69,81)(H,71,91)(H,72,88)(H,73,90)(H,74,92)(H,75,87)(H,76,89)(H,93,94)/t23-,29?,33+,34?,35?,41+,43-,45+,46+,47+,48+,49-,50+,51+,52-,53+,54+,64-,65-/m0/s1. The monoisotopic (exact) mass is 1430 g/mol. The molecule has 21 N–H and O–H groups in total. The Morgan fingerprint density at radius 1 is 0.760 bits per heavy atom. The van der Waals surface area contributed by atoms with Crippen LogP contribution >= 0.6 is 23.2 Å². The lowest BCUT2D eigenvalue weighted by Crippen LogP contribution is -2.60. The van der Waals surface area contributed by atoms with Gasteiger partial charge in [-0.1, -0.05) is 67.4 Å². The van der Waals surface area contributed by atoms with Crippen molar-refractivity contribution >= 4 is 76.3 Å². The Balaban J connectivity index is 1.25. The molecular weight excluding hydrogens is 1360 g/mol. The highest BCUT2D eigenvalue weighted by Crippen LogP contribution is 2.49. The predicted molar refractivity (Wildman–Crippen MR) is 343 cm³/mol. The van der Waals surface area contributed by atoms with Gasteiger partial charge in [0.1, 0.15) is 95.9 Å². The minimum Gasteiger partial charge on any atom is -0.508 e. The maximum Gasteiger partial charge on any atom is 0.330 e. The number of carboxylic acids is 1. The third-order valence-electron chi connectivity index (χ3n) is 17.5. The second-order valence-corrected chi connectivity index (χ2v) is 26.4. The number of aliphatic hydroxyl groups is 6. The number of Topliss-reactive ketones (excluding diaryl/α,β-unsaturated/α-hetero) is 1. The normalized spacial score (nSPS) is 31.1. The van der Waals surface area contributed by atoms with Crippen molar-refractivity contribution in [2.75, 3.05) is 6.61 Å². The van der Waals surface area contributed by atoms with Crippen LogP contribution in [0.5, 0.6) is 40.2 Å². The van der Waals surface area contributed by atoms with E-state index in [9.17, 15) is 69.9 Å². The number of hydrogen-bond donors (Lipinski definition) is 18. The quantitative estimate of drug-likeness (QED) is 0.0804. The van der Waals surface area contributed by atoms with Crippen molar-refractivity contribution in [1.82, 2.24) is 31.9 Å². The molecule has 4 aromatic carbocycles. The van der Waals surface area contributed by atoms with Crippen LogP contribution in [0.4, 0.5) is 0 Å². The van der Waals surface area contributed by atoms with Crippen molar-refractivity contribution in [1.29, 1.82) is 0 Å². The Hall–Kier alpha value is -9.07. The van der Waals surface area contributed by atoms with Crippen molar-refractivity contribution in [3.63, 3.8) is 0 Å². The molecule has 0 spiro atoms. The molecule has 35 heteroatoms. The van der Waals surface area contributed by atoms with Crippen molar-refractivity contribution < 1.29 is 118 Å². The van der Waals surface area contributed by atoms with E-state index in [-0.39, 0.29) is 39.8 Å². The molecule has 2 saturated heterocycles. The largest absolute Gasteiger partial charge is 0.508 e. The van der Waals surface area contributed by atoms with Crippen molar-refractivity contribution in [2.45, 2.75) is 162 Å². The number of carbonyl (C=O) groups is 9. The average molecular weight is 1440 g/mol. The maximum atomic E-state index is 16.1. The summed E-state index contributed by atoms with van der Waals surface area (Å²) in [5.41, 5.74) is 14.7. The molecule has 536 valence electrons. The molecule has 7 amide bonds. The van der Waals surface area contributed by atoms with Gasteiger partial charge in [-0.2, -0.15) is 0 Å². The highest BCUT2D eigenvalue weighted by Gasteiger charge is 2.49. The Bertz CT molecular complexity index is 4010. The summed E-state index contributed by atoms with van der Waals surface area (Å²) >= 11 is 14.2. The zero-order valence-corrected chi connectivity index (χ0v) is 55.0. The van der Waals surface area contributed by atoms with Gasteiger partial charge in [-0.25, -0.2) is 4.79 Å². The number of phenolic OH excluding ortho intramolecular Hbond substituents is 2. The first kappa shape index (κ1) is 73.6. The molecule has 2 fully saturated rings. The lowest BCUT2D eigenvalue weighted by Gasteiger charge is -2.40. The van der Waals surface area contributed by atoms with Gasteiger partial charge < -0.3 is 123 Å². The molecule has 100 heavy (non-hydrogen) atoms. The second kappa shape index (κ2) is 29.6. The van der Waals surface area contributed by atoms with Gasteiger partial charge in [0.25, 0.3) is 0 Å². The van der Waals surface area contributed by atoms with Gasteiger partial charge in [0.05, 0.1) is 40.8 Å². The molecule has 1 aliphatic carbocycles. The summed E-state index contributed by atoms with van der Waals surface area (Å²) in [4.78, 5) is 131. The van der Waals surface area contributed by atoms with Crippen LogP contribution in [0, 0.1) is 5.92 Å². The lowest BCUT2D eigenvalue weighted by molar-refractivity contribution is -0.277. The minimum absolute atomic E-state index is 0.0757. The molecule has 3 unspecified atom stereocenters. The number of nitrogens with two attached hydrogens (primary N) is 3. The van der Waals surface area contributed by atoms with Crippen LogP contribution in [-0.2, 0) is 57.4 Å². The summed E-state index contributed by atoms with van der Waals surface area (Å²) < 4.78 is 37.8. The summed E-state index contributed by atoms with van der Waals surface area (Å²) in [5.74, 6) is -17.7. The lowest BCUT2D eigenvalue weighted by atomic mass is 9.80. The van der Waals surface area contributed by atoms with E-state index in [4.69, 9.17) is 68.8 Å². The molecule has 0 radical (unpaired) electrons. The van der Waals surface area contributed by atoms with E-state index in [0.29, 0.717) is 0 Å². The number of aliphatic hydroxyl groups excluding tert-OH is 6. The number of carboxylic acid groups (broad SMARTS) is 1. The zero-order valence-electron chi connectivity index (χ0n) is 53.4. The highest BCUT2D eigenvalue weighted by molar-refractivity contribution is 6.32. The number of fused-ring (bicyclic) bond motifs is 14. The van der Waals surface area contributed by atoms with Crippen molar-refractivity contribution in [2.24, 2.45) is 23.1 Å².